The zero-order valence-corrected chi connectivity index (χ0v) is 29.9. The monoisotopic (exact) mass is 739 g/mol. The van der Waals surface area contributed by atoms with Crippen molar-refractivity contribution in [2.45, 2.75) is 32.0 Å². The molecular formula is C35H39ClFN7O8. The van der Waals surface area contributed by atoms with Gasteiger partial charge in [-0.25, -0.2) is 23.6 Å². The molecule has 1 aliphatic heterocycles. The highest BCUT2D eigenvalue weighted by Gasteiger charge is 2.35. The van der Waals surface area contributed by atoms with Crippen molar-refractivity contribution in [1.29, 1.82) is 0 Å². The van der Waals surface area contributed by atoms with Crippen LogP contribution in [0.2, 0.25) is 5.02 Å². The maximum atomic E-state index is 14.4. The minimum absolute atomic E-state index is 0.111. The van der Waals surface area contributed by atoms with Crippen molar-refractivity contribution in [2.24, 2.45) is 0 Å². The molecule has 5 rings (SSSR count). The molecule has 276 valence electrons. The third-order valence-electron chi connectivity index (χ3n) is 8.61. The molecule has 3 N–H and O–H groups in total. The van der Waals surface area contributed by atoms with Crippen molar-refractivity contribution < 1.29 is 38.1 Å². The summed E-state index contributed by atoms with van der Waals surface area (Å²) >= 11 is 6.30. The number of hydrogen-bond donors (Lipinski definition) is 3. The van der Waals surface area contributed by atoms with E-state index in [0.717, 1.165) is 7.11 Å². The number of nitrogens with one attached hydrogen (secondary N) is 2. The molecular weight excluding hydrogens is 701 g/mol. The van der Waals surface area contributed by atoms with Crippen molar-refractivity contribution in [1.82, 2.24) is 19.9 Å². The number of rotatable bonds is 10. The van der Waals surface area contributed by atoms with Gasteiger partial charge in [0.15, 0.2) is 5.82 Å². The van der Waals surface area contributed by atoms with Crippen LogP contribution in [0.3, 0.4) is 0 Å². The highest BCUT2D eigenvalue weighted by Crippen LogP contribution is 2.37. The Bertz CT molecular complexity index is 2000. The molecule has 1 aliphatic rings. The third kappa shape index (κ3) is 7.97. The van der Waals surface area contributed by atoms with E-state index in [-0.39, 0.29) is 43.1 Å². The highest BCUT2D eigenvalue weighted by atomic mass is 35.5. The van der Waals surface area contributed by atoms with Crippen molar-refractivity contribution in [3.8, 4) is 11.5 Å². The molecule has 1 fully saturated rings. The Labute approximate surface area is 303 Å². The average molecular weight is 740 g/mol. The van der Waals surface area contributed by atoms with Gasteiger partial charge in [-0.05, 0) is 68.4 Å². The van der Waals surface area contributed by atoms with Gasteiger partial charge in [0.2, 0.25) is 5.91 Å². The minimum Gasteiger partial charge on any atom is -0.497 e. The lowest BCUT2D eigenvalue weighted by atomic mass is 10.1. The Kier molecular flexibility index (Phi) is 11.7. The molecule has 17 heteroatoms. The first-order chi connectivity index (χ1) is 24.9. The maximum Gasteiger partial charge on any atom is 0.407 e. The second kappa shape index (κ2) is 16.2. The molecule has 15 nitrogen and oxygen atoms in total. The zero-order valence-electron chi connectivity index (χ0n) is 29.1. The van der Waals surface area contributed by atoms with Crippen molar-refractivity contribution in [3.63, 3.8) is 0 Å². The number of ether oxygens (including phenoxy) is 3. The molecule has 1 saturated heterocycles. The van der Waals surface area contributed by atoms with Gasteiger partial charge in [0, 0.05) is 29.9 Å². The van der Waals surface area contributed by atoms with Crippen LogP contribution in [-0.4, -0.2) is 97.4 Å². The number of hydrogen-bond acceptors (Lipinski definition) is 10. The Hall–Kier alpha value is -5.61. The first kappa shape index (κ1) is 37.6. The van der Waals surface area contributed by atoms with Gasteiger partial charge in [-0.1, -0.05) is 11.6 Å². The van der Waals surface area contributed by atoms with E-state index in [1.54, 1.807) is 42.3 Å². The number of urea groups is 1. The summed E-state index contributed by atoms with van der Waals surface area (Å²) in [5.41, 5.74) is 0.483. The molecule has 3 atom stereocenters. The fourth-order valence-corrected chi connectivity index (χ4v) is 6.08. The predicted octanol–water partition coefficient (Wildman–Crippen LogP) is 3.89. The molecule has 3 aromatic carbocycles. The summed E-state index contributed by atoms with van der Waals surface area (Å²) in [7, 11) is 4.08. The molecule has 0 radical (unpaired) electrons. The van der Waals surface area contributed by atoms with E-state index >= 15 is 0 Å². The Balaban J connectivity index is 1.58. The van der Waals surface area contributed by atoms with E-state index in [9.17, 15) is 28.7 Å². The molecule has 0 aliphatic carbocycles. The van der Waals surface area contributed by atoms with Crippen molar-refractivity contribution >= 4 is 51.9 Å². The largest absolute Gasteiger partial charge is 0.497 e. The zero-order chi connectivity index (χ0) is 37.7. The van der Waals surface area contributed by atoms with Gasteiger partial charge in [0.25, 0.3) is 5.56 Å². The second-order valence-electron chi connectivity index (χ2n) is 11.9. The van der Waals surface area contributed by atoms with E-state index in [2.05, 4.69) is 15.4 Å². The molecule has 4 amide bonds. The van der Waals surface area contributed by atoms with Crippen LogP contribution in [-0.2, 0) is 9.53 Å². The smallest absolute Gasteiger partial charge is 0.407 e. The van der Waals surface area contributed by atoms with Crippen LogP contribution >= 0.6 is 11.6 Å². The van der Waals surface area contributed by atoms with Gasteiger partial charge in [0.1, 0.15) is 23.4 Å². The number of piperazine rings is 1. The summed E-state index contributed by atoms with van der Waals surface area (Å²) in [5.74, 6) is -0.0906. The molecule has 2 heterocycles. The van der Waals surface area contributed by atoms with Crippen LogP contribution in [0.5, 0.6) is 11.5 Å². The third-order valence-corrected chi connectivity index (χ3v) is 8.85. The Morgan fingerprint density at radius 3 is 2.27 bits per heavy atom. The number of aliphatic hydroxyl groups excluding tert-OH is 1. The number of carbonyl (C=O) groups excluding carboxylic acids is 3. The van der Waals surface area contributed by atoms with Crippen LogP contribution in [0.15, 0.2) is 65.5 Å². The lowest BCUT2D eigenvalue weighted by molar-refractivity contribution is -0.136. The number of fused-ring (bicyclic) bond motifs is 1. The van der Waals surface area contributed by atoms with Crippen LogP contribution in [0, 0.1) is 5.82 Å². The topological polar surface area (TPSA) is 168 Å². The van der Waals surface area contributed by atoms with E-state index in [4.69, 9.17) is 26.1 Å². The lowest BCUT2D eigenvalue weighted by Gasteiger charge is -2.40. The first-order valence-electron chi connectivity index (χ1n) is 16.2. The standard InChI is InChI=1S/C35H39ClFN7O8/c1-20(43(28-13-11-25(50-3)19-29(28)51-4)34(48)38-24-9-7-23(37)8-10-24)31-39-27-12-6-22(36)18-26(27)32(46)44(31)42-16-14-41(15-17-42)33(47)30(21(2)45)40-35(49)52-5/h6-13,18-21,30,45H,14-17H2,1-5H3,(H,38,48)(H,40,49). The summed E-state index contributed by atoms with van der Waals surface area (Å²) in [5, 5.41) is 17.7. The molecule has 52 heavy (non-hydrogen) atoms. The number of halogens is 2. The SMILES string of the molecule is COC(=O)NC(C(=O)N1CCN(n2c(C(C)N(C(=O)Nc3ccc(F)cc3)c3ccc(OC)cc3OC)nc3ccc(Cl)cc3c2=O)CC1)C(C)O. The van der Waals surface area contributed by atoms with E-state index in [1.807, 2.05) is 0 Å². The van der Waals surface area contributed by atoms with E-state index in [0.29, 0.717) is 27.7 Å². The van der Waals surface area contributed by atoms with Gasteiger partial charge in [-0.15, -0.1) is 0 Å². The number of nitrogens with zero attached hydrogens (tertiary/aromatic N) is 5. The van der Waals surface area contributed by atoms with E-state index in [1.165, 1.54) is 66.0 Å². The van der Waals surface area contributed by atoms with Crippen LogP contribution in [0.25, 0.3) is 10.9 Å². The number of methoxy groups -OCH3 is 3. The number of carbonyl (C=O) groups is 3. The van der Waals surface area contributed by atoms with E-state index < -0.39 is 47.6 Å². The molecule has 0 spiro atoms. The lowest BCUT2D eigenvalue weighted by Crippen LogP contribution is -2.61. The van der Waals surface area contributed by atoms with Crippen molar-refractivity contribution in [2.75, 3.05) is 62.7 Å². The fraction of sp³-hybridized carbons (Fsp3) is 0.343. The number of benzene rings is 3. The van der Waals surface area contributed by atoms with Crippen LogP contribution < -0.4 is 35.6 Å². The molecule has 4 aromatic rings. The number of aliphatic hydroxyl groups is 1. The first-order valence-corrected chi connectivity index (χ1v) is 16.6. The van der Waals surface area contributed by atoms with Crippen LogP contribution in [0.1, 0.15) is 25.7 Å². The average Bonchev–Trinajstić information content (AvgIpc) is 3.14. The number of aromatic nitrogens is 2. The van der Waals surface area contributed by atoms with Gasteiger partial charge in [-0.2, -0.15) is 0 Å². The van der Waals surface area contributed by atoms with Crippen molar-refractivity contribution in [3.05, 3.63) is 87.7 Å². The summed E-state index contributed by atoms with van der Waals surface area (Å²) < 4.78 is 30.8. The summed E-state index contributed by atoms with van der Waals surface area (Å²) in [6.45, 7) is 3.57. The maximum absolute atomic E-state index is 14.4. The van der Waals surface area contributed by atoms with Gasteiger partial charge in [-0.3, -0.25) is 14.5 Å². The molecule has 1 aromatic heterocycles. The minimum atomic E-state index is -1.26. The fourth-order valence-electron chi connectivity index (χ4n) is 5.91. The summed E-state index contributed by atoms with van der Waals surface area (Å²) in [6.07, 6.45) is -2.08. The summed E-state index contributed by atoms with van der Waals surface area (Å²) in [4.78, 5) is 61.6. The Morgan fingerprint density at radius 1 is 0.962 bits per heavy atom. The normalized spacial score (nSPS) is 14.6. The number of alkyl carbamates (subject to hydrolysis) is 1. The number of amides is 4. The predicted molar refractivity (Wildman–Crippen MR) is 192 cm³/mol. The van der Waals surface area contributed by atoms with Gasteiger partial charge < -0.3 is 39.9 Å². The quantitative estimate of drug-likeness (QED) is 0.217. The highest BCUT2D eigenvalue weighted by molar-refractivity contribution is 6.31. The van der Waals surface area contributed by atoms with Crippen LogP contribution in [0.4, 0.5) is 25.4 Å². The second-order valence-corrected chi connectivity index (χ2v) is 12.3. The van der Waals surface area contributed by atoms with Gasteiger partial charge >= 0.3 is 12.1 Å². The molecule has 3 unspecified atom stereocenters. The molecule has 0 saturated carbocycles. The Morgan fingerprint density at radius 2 is 1.65 bits per heavy atom. The molecule has 0 bridgehead atoms. The van der Waals surface area contributed by atoms with Gasteiger partial charge in [0.05, 0.1) is 63.2 Å². The summed E-state index contributed by atoms with van der Waals surface area (Å²) in [6, 6.07) is 12.0. The number of anilines is 2.